The van der Waals surface area contributed by atoms with Gasteiger partial charge < -0.3 is 9.64 Å². The molecule has 28 heavy (non-hydrogen) atoms. The first-order chi connectivity index (χ1) is 13.4. The van der Waals surface area contributed by atoms with Crippen LogP contribution in [0.4, 0.5) is 10.5 Å². The summed E-state index contributed by atoms with van der Waals surface area (Å²) < 4.78 is 24.3. The molecule has 2 amide bonds. The number of carbonyl (C=O) groups is 2. The average molecular weight is 405 g/mol. The van der Waals surface area contributed by atoms with Gasteiger partial charge in [-0.1, -0.05) is 18.2 Å². The van der Waals surface area contributed by atoms with Gasteiger partial charge in [-0.2, -0.15) is 10.6 Å². The first-order valence-electron chi connectivity index (χ1n) is 8.78. The second kappa shape index (κ2) is 8.59. The molecular formula is C19H23N3O5S. The molecule has 9 heteroatoms. The van der Waals surface area contributed by atoms with Gasteiger partial charge in [-0.05, 0) is 24.3 Å². The highest BCUT2D eigenvalue weighted by molar-refractivity contribution is 8.24. The van der Waals surface area contributed by atoms with Crippen LogP contribution in [0.5, 0.6) is 0 Å². The van der Waals surface area contributed by atoms with Gasteiger partial charge in [0.2, 0.25) is 0 Å². The number of hydrogen-bond acceptors (Lipinski definition) is 6. The van der Waals surface area contributed by atoms with Crippen LogP contribution in [0.1, 0.15) is 16.1 Å². The lowest BCUT2D eigenvalue weighted by molar-refractivity contribution is 0.0600. The molecule has 0 bridgehead atoms. The fourth-order valence-electron chi connectivity index (χ4n) is 2.88. The molecule has 1 aliphatic heterocycles. The summed E-state index contributed by atoms with van der Waals surface area (Å²) in [5.74, 6) is -0.0942. The highest BCUT2D eigenvalue weighted by Crippen LogP contribution is 2.40. The minimum Gasteiger partial charge on any atom is -0.465 e. The minimum absolute atomic E-state index is 0.188. The molecule has 1 aliphatic rings. The predicted molar refractivity (Wildman–Crippen MR) is 108 cm³/mol. The van der Waals surface area contributed by atoms with Gasteiger partial charge in [0, 0.05) is 25.0 Å². The van der Waals surface area contributed by atoms with Crippen LogP contribution in [0.3, 0.4) is 0 Å². The third kappa shape index (κ3) is 4.80. The number of esters is 1. The molecule has 2 aromatic rings. The SMILES string of the molecule is COC(=O)c1ccc(CN(C(=O)N2CCS(O)(O)CC2)c2ccccc2)nc1. The van der Waals surface area contributed by atoms with Gasteiger partial charge >= 0.3 is 12.0 Å². The Balaban J connectivity index is 1.80. The molecule has 8 nitrogen and oxygen atoms in total. The number of amides is 2. The van der Waals surface area contributed by atoms with Crippen LogP contribution in [0.2, 0.25) is 0 Å². The molecule has 0 atom stereocenters. The lowest BCUT2D eigenvalue weighted by Gasteiger charge is -2.42. The van der Waals surface area contributed by atoms with E-state index in [0.29, 0.717) is 30.0 Å². The van der Waals surface area contributed by atoms with Crippen LogP contribution < -0.4 is 4.90 Å². The van der Waals surface area contributed by atoms with Crippen molar-refractivity contribution in [1.82, 2.24) is 9.88 Å². The highest BCUT2D eigenvalue weighted by Gasteiger charge is 2.29. The van der Waals surface area contributed by atoms with E-state index in [2.05, 4.69) is 9.72 Å². The van der Waals surface area contributed by atoms with E-state index in [1.54, 1.807) is 21.9 Å². The molecule has 1 saturated heterocycles. The lowest BCUT2D eigenvalue weighted by atomic mass is 10.2. The van der Waals surface area contributed by atoms with E-state index in [9.17, 15) is 18.7 Å². The average Bonchev–Trinajstić information content (AvgIpc) is 2.72. The third-order valence-corrected chi connectivity index (χ3v) is 6.18. The van der Waals surface area contributed by atoms with Crippen LogP contribution >= 0.6 is 10.6 Å². The van der Waals surface area contributed by atoms with Crippen molar-refractivity contribution < 1.29 is 23.4 Å². The molecule has 0 unspecified atom stereocenters. The number of benzene rings is 1. The van der Waals surface area contributed by atoms with Gasteiger partial charge in [-0.15, -0.1) is 0 Å². The maximum atomic E-state index is 13.1. The van der Waals surface area contributed by atoms with E-state index in [1.807, 2.05) is 30.3 Å². The second-order valence-electron chi connectivity index (χ2n) is 6.43. The zero-order chi connectivity index (χ0) is 20.1. The first-order valence-corrected chi connectivity index (χ1v) is 10.7. The number of rotatable bonds is 4. The van der Waals surface area contributed by atoms with Crippen LogP contribution in [-0.4, -0.2) is 62.7 Å². The summed E-state index contributed by atoms with van der Waals surface area (Å²) in [7, 11) is -1.28. The maximum Gasteiger partial charge on any atom is 0.339 e. The molecule has 2 heterocycles. The molecule has 0 radical (unpaired) electrons. The normalized spacial score (nSPS) is 16.9. The molecular weight excluding hydrogens is 382 g/mol. The number of ether oxygens (including phenoxy) is 1. The Bertz CT molecular complexity index is 819. The standard InChI is InChI=1S/C19H23N3O5S/c1-27-18(23)15-7-8-16(20-13-15)14-22(17-5-3-2-4-6-17)19(24)21-9-11-28(25,26)12-10-21/h2-8,13,25-26H,9-12,14H2,1H3. The van der Waals surface area contributed by atoms with Gasteiger partial charge in [-0.25, -0.2) is 9.59 Å². The van der Waals surface area contributed by atoms with Gasteiger partial charge in [0.15, 0.2) is 0 Å². The number of anilines is 1. The number of nitrogens with zero attached hydrogens (tertiary/aromatic N) is 3. The van der Waals surface area contributed by atoms with Crippen molar-refractivity contribution in [1.29, 1.82) is 0 Å². The van der Waals surface area contributed by atoms with Crippen LogP contribution in [0, 0.1) is 0 Å². The molecule has 0 saturated carbocycles. The summed E-state index contributed by atoms with van der Waals surface area (Å²) in [6.07, 6.45) is 1.42. The Morgan fingerprint density at radius 3 is 2.39 bits per heavy atom. The largest absolute Gasteiger partial charge is 0.465 e. The molecule has 1 fully saturated rings. The number of methoxy groups -OCH3 is 1. The molecule has 3 rings (SSSR count). The smallest absolute Gasteiger partial charge is 0.339 e. The summed E-state index contributed by atoms with van der Waals surface area (Å²) >= 11 is 0. The van der Waals surface area contributed by atoms with Crippen LogP contribution in [0.15, 0.2) is 48.7 Å². The van der Waals surface area contributed by atoms with Crippen molar-refractivity contribution in [2.24, 2.45) is 0 Å². The van der Waals surface area contributed by atoms with E-state index >= 15 is 0 Å². The molecule has 150 valence electrons. The van der Waals surface area contributed by atoms with Crippen molar-refractivity contribution in [2.75, 3.05) is 36.6 Å². The van der Waals surface area contributed by atoms with E-state index in [-0.39, 0.29) is 24.1 Å². The number of aromatic nitrogens is 1. The highest BCUT2D eigenvalue weighted by atomic mass is 32.3. The Kier molecular flexibility index (Phi) is 6.18. The minimum atomic E-state index is -2.58. The van der Waals surface area contributed by atoms with E-state index in [0.717, 1.165) is 0 Å². The predicted octanol–water partition coefficient (Wildman–Crippen LogP) is 3.06. The van der Waals surface area contributed by atoms with Crippen LogP contribution in [0.25, 0.3) is 0 Å². The molecule has 1 aromatic heterocycles. The number of carbonyl (C=O) groups excluding carboxylic acids is 2. The van der Waals surface area contributed by atoms with Crippen molar-refractivity contribution in [2.45, 2.75) is 6.54 Å². The van der Waals surface area contributed by atoms with E-state index in [4.69, 9.17) is 0 Å². The summed E-state index contributed by atoms with van der Waals surface area (Å²) in [6.45, 7) is 0.801. The summed E-state index contributed by atoms with van der Waals surface area (Å²) in [5, 5.41) is 0. The molecule has 1 aromatic carbocycles. The summed E-state index contributed by atoms with van der Waals surface area (Å²) in [4.78, 5) is 32.2. The van der Waals surface area contributed by atoms with Crippen molar-refractivity contribution in [3.63, 3.8) is 0 Å². The van der Waals surface area contributed by atoms with Gasteiger partial charge in [0.05, 0.1) is 36.4 Å². The van der Waals surface area contributed by atoms with Gasteiger partial charge in [-0.3, -0.25) is 19.0 Å². The number of pyridine rings is 1. The second-order valence-corrected chi connectivity index (χ2v) is 8.85. The summed E-state index contributed by atoms with van der Waals surface area (Å²) in [6, 6.07) is 12.3. The Hall–Kier alpha value is -2.62. The van der Waals surface area contributed by atoms with Gasteiger partial charge in [0.1, 0.15) is 0 Å². The fraction of sp³-hybridized carbons (Fsp3) is 0.316. The zero-order valence-electron chi connectivity index (χ0n) is 15.5. The van der Waals surface area contributed by atoms with Crippen molar-refractivity contribution in [3.05, 3.63) is 59.9 Å². The quantitative estimate of drug-likeness (QED) is 0.758. The first kappa shape index (κ1) is 20.1. The molecule has 0 aliphatic carbocycles. The van der Waals surface area contributed by atoms with Gasteiger partial charge in [0.25, 0.3) is 0 Å². The van der Waals surface area contributed by atoms with E-state index < -0.39 is 16.6 Å². The third-order valence-electron chi connectivity index (χ3n) is 4.51. The monoisotopic (exact) mass is 405 g/mol. The Morgan fingerprint density at radius 1 is 1.14 bits per heavy atom. The topological polar surface area (TPSA) is 103 Å². The number of para-hydroxylation sites is 1. The van der Waals surface area contributed by atoms with Crippen molar-refractivity contribution >= 4 is 28.3 Å². The number of hydrogen-bond donors (Lipinski definition) is 2. The fourth-order valence-corrected chi connectivity index (χ4v) is 4.11. The van der Waals surface area contributed by atoms with E-state index in [1.165, 1.54) is 13.3 Å². The lowest BCUT2D eigenvalue weighted by Crippen LogP contribution is -2.48. The summed E-state index contributed by atoms with van der Waals surface area (Å²) in [5.41, 5.74) is 1.67. The van der Waals surface area contributed by atoms with Crippen LogP contribution in [-0.2, 0) is 11.3 Å². The van der Waals surface area contributed by atoms with Crippen molar-refractivity contribution in [3.8, 4) is 0 Å². The maximum absolute atomic E-state index is 13.1. The molecule has 2 N–H and O–H groups in total. The number of urea groups is 1. The Labute approximate surface area is 165 Å². The zero-order valence-corrected chi connectivity index (χ0v) is 16.3. The molecule has 0 spiro atoms. The Morgan fingerprint density at radius 2 is 1.82 bits per heavy atom.